The van der Waals surface area contributed by atoms with Crippen LogP contribution in [0.5, 0.6) is 5.75 Å². The van der Waals surface area contributed by atoms with Gasteiger partial charge < -0.3 is 20.3 Å². The first-order valence-corrected chi connectivity index (χ1v) is 15.5. The SMILES string of the molecule is O=C(CCNCCc1cccc(C(F)(F)F)c1)N(CCCCCc1ccc(O)c2[nH]c(=O)sc12)C1CCCCCC1. The molecule has 0 radical (unpaired) electrons. The number of unbranched alkanes of at least 4 members (excludes halogenated alkanes) is 2. The molecule has 2 aromatic carbocycles. The van der Waals surface area contributed by atoms with Crippen molar-refractivity contribution in [2.75, 3.05) is 19.6 Å². The van der Waals surface area contributed by atoms with Crippen molar-refractivity contribution < 1.29 is 23.1 Å². The molecule has 1 aliphatic rings. The van der Waals surface area contributed by atoms with Crippen LogP contribution < -0.4 is 10.2 Å². The fourth-order valence-corrected chi connectivity index (χ4v) is 6.62. The van der Waals surface area contributed by atoms with Crippen LogP contribution in [0.2, 0.25) is 0 Å². The number of benzene rings is 2. The molecule has 10 heteroatoms. The van der Waals surface area contributed by atoms with Gasteiger partial charge in [0.15, 0.2) is 0 Å². The minimum absolute atomic E-state index is 0.0878. The number of hydrogen-bond donors (Lipinski definition) is 3. The van der Waals surface area contributed by atoms with E-state index < -0.39 is 11.7 Å². The number of aromatic nitrogens is 1. The van der Waals surface area contributed by atoms with Crippen molar-refractivity contribution in [1.82, 2.24) is 15.2 Å². The molecule has 1 aliphatic carbocycles. The number of amides is 1. The van der Waals surface area contributed by atoms with Crippen LogP contribution in [0.1, 0.15) is 80.9 Å². The first-order valence-electron chi connectivity index (χ1n) is 14.7. The van der Waals surface area contributed by atoms with Crippen molar-refractivity contribution in [3.63, 3.8) is 0 Å². The van der Waals surface area contributed by atoms with Crippen molar-refractivity contribution >= 4 is 27.5 Å². The van der Waals surface area contributed by atoms with Crippen molar-refractivity contribution in [2.24, 2.45) is 0 Å². The molecule has 0 spiro atoms. The van der Waals surface area contributed by atoms with Crippen molar-refractivity contribution in [3.05, 3.63) is 62.8 Å². The number of phenols is 1. The smallest absolute Gasteiger partial charge is 0.416 e. The molecule has 0 aliphatic heterocycles. The fourth-order valence-electron chi connectivity index (χ4n) is 5.72. The van der Waals surface area contributed by atoms with E-state index in [-0.39, 0.29) is 22.6 Å². The maximum Gasteiger partial charge on any atom is 0.416 e. The van der Waals surface area contributed by atoms with E-state index >= 15 is 0 Å². The van der Waals surface area contributed by atoms with E-state index in [1.165, 1.54) is 25.0 Å². The third-order valence-electron chi connectivity index (χ3n) is 7.93. The molecule has 224 valence electrons. The summed E-state index contributed by atoms with van der Waals surface area (Å²) in [6.45, 7) is 1.73. The number of carbonyl (C=O) groups is 1. The number of nitrogens with one attached hydrogen (secondary N) is 2. The summed E-state index contributed by atoms with van der Waals surface area (Å²) in [5.41, 5.74) is 1.54. The van der Waals surface area contributed by atoms with Crippen LogP contribution in [-0.4, -0.2) is 46.6 Å². The zero-order valence-electron chi connectivity index (χ0n) is 23.4. The van der Waals surface area contributed by atoms with Crippen LogP contribution in [0.4, 0.5) is 13.2 Å². The highest BCUT2D eigenvalue weighted by Gasteiger charge is 2.30. The monoisotopic (exact) mass is 591 g/mol. The number of hydrogen-bond acceptors (Lipinski definition) is 5. The second-order valence-corrected chi connectivity index (χ2v) is 11.9. The second-order valence-electron chi connectivity index (χ2n) is 11.0. The van der Waals surface area contributed by atoms with Gasteiger partial charge in [0.2, 0.25) is 5.91 Å². The van der Waals surface area contributed by atoms with Gasteiger partial charge in [0.1, 0.15) is 11.3 Å². The van der Waals surface area contributed by atoms with E-state index in [0.29, 0.717) is 37.0 Å². The molecular weight excluding hydrogens is 551 g/mol. The van der Waals surface area contributed by atoms with Gasteiger partial charge in [-0.1, -0.05) is 67.7 Å². The summed E-state index contributed by atoms with van der Waals surface area (Å²) in [4.78, 5) is 29.7. The Balaban J connectivity index is 1.24. The normalized spacial score (nSPS) is 14.8. The lowest BCUT2D eigenvalue weighted by atomic mass is 10.0. The van der Waals surface area contributed by atoms with E-state index in [4.69, 9.17) is 0 Å². The van der Waals surface area contributed by atoms with Gasteiger partial charge >= 0.3 is 11.0 Å². The number of H-pyrrole nitrogens is 1. The maximum absolute atomic E-state index is 13.3. The standard InChI is InChI=1S/C31H40F3N3O3S/c32-31(33,34)24-11-8-9-22(21-24)16-18-35-19-17-27(39)37(25-12-5-1-2-6-13-25)20-7-3-4-10-23-14-15-26(38)28-29(23)41-30(40)36-28/h8-9,11,14-15,21,25,35,38H,1-7,10,12-13,16-20H2,(H,36,40). The van der Waals surface area contributed by atoms with Crippen molar-refractivity contribution in [3.8, 4) is 5.75 Å². The maximum atomic E-state index is 13.3. The minimum Gasteiger partial charge on any atom is -0.506 e. The summed E-state index contributed by atoms with van der Waals surface area (Å²) in [5.74, 6) is 0.227. The van der Waals surface area contributed by atoms with Gasteiger partial charge in [-0.2, -0.15) is 13.2 Å². The Morgan fingerprint density at radius 3 is 2.56 bits per heavy atom. The Kier molecular flexibility index (Phi) is 11.3. The van der Waals surface area contributed by atoms with Crippen molar-refractivity contribution in [1.29, 1.82) is 0 Å². The summed E-state index contributed by atoms with van der Waals surface area (Å²) in [5, 5.41) is 13.3. The molecule has 3 N–H and O–H groups in total. The number of aromatic hydroxyl groups is 1. The molecule has 1 saturated carbocycles. The van der Waals surface area contributed by atoms with Crippen molar-refractivity contribution in [2.45, 2.75) is 89.3 Å². The molecule has 3 aromatic rings. The Morgan fingerprint density at radius 2 is 1.80 bits per heavy atom. The Morgan fingerprint density at radius 1 is 1.02 bits per heavy atom. The molecule has 6 nitrogen and oxygen atoms in total. The Hall–Kier alpha value is -2.85. The molecule has 1 amide bonds. The number of alkyl halides is 3. The van der Waals surface area contributed by atoms with Crippen LogP contribution in [0.25, 0.3) is 10.2 Å². The average Bonchev–Trinajstić information content (AvgIpc) is 3.15. The van der Waals surface area contributed by atoms with E-state index in [1.807, 2.05) is 6.07 Å². The zero-order chi connectivity index (χ0) is 29.2. The quantitative estimate of drug-likeness (QED) is 0.151. The van der Waals surface area contributed by atoms with E-state index in [2.05, 4.69) is 15.2 Å². The summed E-state index contributed by atoms with van der Waals surface area (Å²) in [6.07, 6.45) is 6.84. The highest BCUT2D eigenvalue weighted by molar-refractivity contribution is 7.16. The van der Waals surface area contributed by atoms with E-state index in [9.17, 15) is 27.9 Å². The largest absolute Gasteiger partial charge is 0.506 e. The van der Waals surface area contributed by atoms with Gasteiger partial charge in [-0.25, -0.2) is 0 Å². The van der Waals surface area contributed by atoms with E-state index in [1.54, 1.807) is 12.1 Å². The summed E-state index contributed by atoms with van der Waals surface area (Å²) in [6, 6.07) is 9.16. The number of rotatable bonds is 13. The summed E-state index contributed by atoms with van der Waals surface area (Å²) < 4.78 is 39.7. The van der Waals surface area contributed by atoms with Gasteiger partial charge in [-0.3, -0.25) is 9.59 Å². The highest BCUT2D eigenvalue weighted by atomic mass is 32.1. The first-order chi connectivity index (χ1) is 19.7. The molecule has 4 rings (SSSR count). The molecule has 1 fully saturated rings. The molecular formula is C31H40F3N3O3S. The second kappa shape index (κ2) is 14.9. The molecule has 1 heterocycles. The Labute approximate surface area is 243 Å². The number of aryl methyl sites for hydroxylation is 1. The van der Waals surface area contributed by atoms with Gasteiger partial charge in [0.05, 0.1) is 10.3 Å². The number of nitrogens with zero attached hydrogens (tertiary/aromatic N) is 1. The zero-order valence-corrected chi connectivity index (χ0v) is 24.2. The Bertz CT molecular complexity index is 1330. The molecule has 0 saturated heterocycles. The molecule has 41 heavy (non-hydrogen) atoms. The molecule has 0 unspecified atom stereocenters. The summed E-state index contributed by atoms with van der Waals surface area (Å²) in [7, 11) is 0. The highest BCUT2D eigenvalue weighted by Crippen LogP contribution is 2.30. The number of carbonyl (C=O) groups excluding carboxylic acids is 1. The minimum atomic E-state index is -4.35. The lowest BCUT2D eigenvalue weighted by molar-refractivity contribution is -0.137. The van der Waals surface area contributed by atoms with Gasteiger partial charge in [0, 0.05) is 25.6 Å². The number of halogens is 3. The number of fused-ring (bicyclic) bond motifs is 1. The van der Waals surface area contributed by atoms with Gasteiger partial charge in [0.25, 0.3) is 0 Å². The first kappa shape index (κ1) is 31.1. The van der Waals surface area contributed by atoms with Crippen LogP contribution in [0, 0.1) is 0 Å². The number of aromatic amines is 1. The molecule has 1 aromatic heterocycles. The van der Waals surface area contributed by atoms with Gasteiger partial charge in [-0.05, 0) is 68.3 Å². The summed E-state index contributed by atoms with van der Waals surface area (Å²) >= 11 is 1.12. The fraction of sp³-hybridized carbons (Fsp3) is 0.548. The molecule has 0 atom stereocenters. The number of thiazole rings is 1. The topological polar surface area (TPSA) is 85.4 Å². The average molecular weight is 592 g/mol. The van der Waals surface area contributed by atoms with Crippen LogP contribution >= 0.6 is 11.3 Å². The third-order valence-corrected chi connectivity index (χ3v) is 8.89. The van der Waals surface area contributed by atoms with Crippen LogP contribution in [0.3, 0.4) is 0 Å². The van der Waals surface area contributed by atoms with Crippen LogP contribution in [-0.2, 0) is 23.8 Å². The van der Waals surface area contributed by atoms with Gasteiger partial charge in [-0.15, -0.1) is 0 Å². The lowest BCUT2D eigenvalue weighted by Gasteiger charge is -2.31. The van der Waals surface area contributed by atoms with E-state index in [0.717, 1.165) is 85.6 Å². The lowest BCUT2D eigenvalue weighted by Crippen LogP contribution is -2.42. The van der Waals surface area contributed by atoms with Crippen LogP contribution in [0.15, 0.2) is 41.2 Å². The predicted octanol–water partition coefficient (Wildman–Crippen LogP) is 6.80. The third kappa shape index (κ3) is 9.07. The number of phenolic OH excluding ortho intramolecular Hbond substituents is 1. The predicted molar refractivity (Wildman–Crippen MR) is 158 cm³/mol. The molecule has 0 bridgehead atoms.